The van der Waals surface area contributed by atoms with E-state index in [2.05, 4.69) is 5.32 Å². The van der Waals surface area contributed by atoms with Crippen LogP contribution in [-0.4, -0.2) is 55.6 Å². The molecule has 0 unspecified atom stereocenters. The number of methoxy groups -OCH3 is 1. The monoisotopic (exact) mass is 517 g/mol. The number of nitrogens with zero attached hydrogens (tertiary/aromatic N) is 2. The van der Waals surface area contributed by atoms with E-state index in [9.17, 15) is 14.4 Å². The minimum Gasteiger partial charge on any atom is -0.464 e. The summed E-state index contributed by atoms with van der Waals surface area (Å²) in [4.78, 5) is 41.2. The zero-order valence-corrected chi connectivity index (χ0v) is 21.7. The number of para-hydroxylation sites is 1. The van der Waals surface area contributed by atoms with E-state index in [1.807, 2.05) is 49.3 Å². The van der Waals surface area contributed by atoms with Gasteiger partial charge in [-0.2, -0.15) is 0 Å². The highest BCUT2D eigenvalue weighted by molar-refractivity contribution is 6.31. The van der Waals surface area contributed by atoms with Crippen LogP contribution in [-0.2, 0) is 11.2 Å². The molecule has 0 fully saturated rings. The predicted octanol–water partition coefficient (Wildman–Crippen LogP) is 4.31. The van der Waals surface area contributed by atoms with E-state index >= 15 is 0 Å². The number of hydrogen-bond donors (Lipinski definition) is 1. The average molecular weight is 518 g/mol. The molecule has 0 aliphatic heterocycles. The Morgan fingerprint density at radius 3 is 2.35 bits per heavy atom. The number of likely N-dealkylation sites (N-methyl/N-ethyl adjacent to an activating group) is 1. The van der Waals surface area contributed by atoms with Crippen molar-refractivity contribution in [3.63, 3.8) is 0 Å². The van der Waals surface area contributed by atoms with Crippen LogP contribution in [0.15, 0.2) is 77.6 Å². The molecule has 0 radical (unpaired) electrons. The van der Waals surface area contributed by atoms with Crippen LogP contribution in [0.4, 0.5) is 0 Å². The maximum absolute atomic E-state index is 13.7. The number of aromatic nitrogens is 1. The van der Waals surface area contributed by atoms with Crippen LogP contribution in [0.5, 0.6) is 0 Å². The van der Waals surface area contributed by atoms with Crippen molar-refractivity contribution in [1.29, 1.82) is 0 Å². The molecule has 0 saturated carbocycles. The molecule has 1 amide bonds. The number of nitrogens with one attached hydrogen (secondary N) is 1. The number of amides is 1. The average Bonchev–Trinajstić information content (AvgIpc) is 2.90. The second kappa shape index (κ2) is 11.4. The first-order valence-corrected chi connectivity index (χ1v) is 12.2. The van der Waals surface area contributed by atoms with Crippen molar-refractivity contribution < 1.29 is 14.3 Å². The molecule has 0 saturated heterocycles. The Balaban J connectivity index is 1.81. The van der Waals surface area contributed by atoms with Gasteiger partial charge in [-0.3, -0.25) is 9.59 Å². The lowest BCUT2D eigenvalue weighted by Crippen LogP contribution is -2.31. The standard InChI is InChI=1S/C29H28ClN3O4/c1-32(2)16-15-31-28(35)20-11-9-19(10-12-20)17-24-26(29(36)37-3)33(22-7-5-4-6-8-22)25-18-21(30)13-14-23(25)27(24)34/h4-14,18H,15-17H2,1-3H3,(H,31,35). The Kier molecular flexibility index (Phi) is 8.06. The van der Waals surface area contributed by atoms with Crippen molar-refractivity contribution >= 4 is 34.4 Å². The zero-order valence-electron chi connectivity index (χ0n) is 21.0. The van der Waals surface area contributed by atoms with Crippen LogP contribution in [0.25, 0.3) is 16.6 Å². The van der Waals surface area contributed by atoms with Crippen LogP contribution in [0.2, 0.25) is 5.02 Å². The molecule has 37 heavy (non-hydrogen) atoms. The third kappa shape index (κ3) is 5.74. The van der Waals surface area contributed by atoms with E-state index in [4.69, 9.17) is 16.3 Å². The molecule has 0 atom stereocenters. The highest BCUT2D eigenvalue weighted by atomic mass is 35.5. The summed E-state index contributed by atoms with van der Waals surface area (Å²) in [5.41, 5.74) is 2.67. The number of rotatable bonds is 8. The first kappa shape index (κ1) is 26.1. The number of hydrogen-bond acceptors (Lipinski definition) is 5. The molecule has 0 aliphatic carbocycles. The fourth-order valence-corrected chi connectivity index (χ4v) is 4.37. The second-order valence-corrected chi connectivity index (χ2v) is 9.35. The number of carbonyl (C=O) groups is 2. The topological polar surface area (TPSA) is 80.6 Å². The fraction of sp³-hybridized carbons (Fsp3) is 0.207. The summed E-state index contributed by atoms with van der Waals surface area (Å²) in [6, 6.07) is 21.3. The highest BCUT2D eigenvalue weighted by Gasteiger charge is 2.24. The third-order valence-electron chi connectivity index (χ3n) is 6.06. The molecular weight excluding hydrogens is 490 g/mol. The van der Waals surface area contributed by atoms with Crippen LogP contribution in [0.1, 0.15) is 32.0 Å². The molecule has 1 N–H and O–H groups in total. The summed E-state index contributed by atoms with van der Waals surface area (Å²) >= 11 is 6.29. The van der Waals surface area contributed by atoms with Gasteiger partial charge in [0, 0.05) is 46.7 Å². The Hall–Kier alpha value is -3.94. The van der Waals surface area contributed by atoms with Gasteiger partial charge in [-0.25, -0.2) is 4.79 Å². The summed E-state index contributed by atoms with van der Waals surface area (Å²) in [5.74, 6) is -0.799. The van der Waals surface area contributed by atoms with Crippen LogP contribution in [0, 0.1) is 0 Å². The number of halogens is 1. The SMILES string of the molecule is COC(=O)c1c(Cc2ccc(C(=O)NCCN(C)C)cc2)c(=O)c2ccc(Cl)cc2n1-c1ccccc1. The van der Waals surface area contributed by atoms with Crippen molar-refractivity contribution in [3.8, 4) is 5.69 Å². The van der Waals surface area contributed by atoms with E-state index in [0.717, 1.165) is 12.1 Å². The van der Waals surface area contributed by atoms with Gasteiger partial charge in [-0.05, 0) is 62.1 Å². The molecule has 8 heteroatoms. The lowest BCUT2D eigenvalue weighted by atomic mass is 9.98. The summed E-state index contributed by atoms with van der Waals surface area (Å²) in [6.07, 6.45) is 0.178. The maximum atomic E-state index is 13.7. The van der Waals surface area contributed by atoms with E-state index in [-0.39, 0.29) is 23.5 Å². The molecule has 1 aromatic heterocycles. The van der Waals surface area contributed by atoms with Crippen LogP contribution >= 0.6 is 11.6 Å². The van der Waals surface area contributed by atoms with Crippen molar-refractivity contribution in [2.45, 2.75) is 6.42 Å². The van der Waals surface area contributed by atoms with Gasteiger partial charge in [0.1, 0.15) is 5.69 Å². The minimum absolute atomic E-state index is 0.138. The molecule has 0 bridgehead atoms. The van der Waals surface area contributed by atoms with Crippen molar-refractivity contribution in [2.75, 3.05) is 34.3 Å². The lowest BCUT2D eigenvalue weighted by Gasteiger charge is -2.19. The lowest BCUT2D eigenvalue weighted by molar-refractivity contribution is 0.0589. The molecule has 3 aromatic carbocycles. The van der Waals surface area contributed by atoms with Crippen molar-refractivity contribution in [1.82, 2.24) is 14.8 Å². The molecular formula is C29H28ClN3O4. The van der Waals surface area contributed by atoms with Gasteiger partial charge in [0.05, 0.1) is 12.6 Å². The van der Waals surface area contributed by atoms with Crippen LogP contribution < -0.4 is 10.7 Å². The number of carbonyl (C=O) groups excluding carboxylic acids is 2. The van der Waals surface area contributed by atoms with E-state index in [1.165, 1.54) is 7.11 Å². The normalized spacial score (nSPS) is 11.1. The molecule has 1 heterocycles. The zero-order chi connectivity index (χ0) is 26.5. The number of fused-ring (bicyclic) bond motifs is 1. The van der Waals surface area contributed by atoms with Crippen molar-refractivity contribution in [2.24, 2.45) is 0 Å². The first-order chi connectivity index (χ1) is 17.8. The Bertz CT molecular complexity index is 1500. The smallest absolute Gasteiger partial charge is 0.355 e. The van der Waals surface area contributed by atoms with E-state index in [0.29, 0.717) is 39.3 Å². The van der Waals surface area contributed by atoms with Gasteiger partial charge in [0.2, 0.25) is 0 Å². The Morgan fingerprint density at radius 2 is 1.70 bits per heavy atom. The van der Waals surface area contributed by atoms with Gasteiger partial charge < -0.3 is 19.5 Å². The Labute approximate surface area is 220 Å². The Morgan fingerprint density at radius 1 is 1.00 bits per heavy atom. The second-order valence-electron chi connectivity index (χ2n) is 8.91. The quantitative estimate of drug-likeness (QED) is 0.352. The van der Waals surface area contributed by atoms with Crippen molar-refractivity contribution in [3.05, 3.63) is 110 Å². The molecule has 7 nitrogen and oxygen atoms in total. The molecule has 0 spiro atoms. The number of ether oxygens (including phenoxy) is 1. The van der Waals surface area contributed by atoms with E-state index < -0.39 is 5.97 Å². The largest absolute Gasteiger partial charge is 0.464 e. The minimum atomic E-state index is -0.630. The van der Waals surface area contributed by atoms with Gasteiger partial charge in [0.25, 0.3) is 5.91 Å². The summed E-state index contributed by atoms with van der Waals surface area (Å²) in [7, 11) is 5.17. The van der Waals surface area contributed by atoms with Gasteiger partial charge >= 0.3 is 5.97 Å². The predicted molar refractivity (Wildman–Crippen MR) is 146 cm³/mol. The molecule has 4 rings (SSSR count). The molecule has 190 valence electrons. The van der Waals surface area contributed by atoms with Gasteiger partial charge in [-0.1, -0.05) is 41.9 Å². The first-order valence-electron chi connectivity index (χ1n) is 11.8. The van der Waals surface area contributed by atoms with Gasteiger partial charge in [-0.15, -0.1) is 0 Å². The van der Waals surface area contributed by atoms with Crippen LogP contribution in [0.3, 0.4) is 0 Å². The number of benzene rings is 3. The number of esters is 1. The number of pyridine rings is 1. The maximum Gasteiger partial charge on any atom is 0.355 e. The fourth-order valence-electron chi connectivity index (χ4n) is 4.20. The van der Waals surface area contributed by atoms with Gasteiger partial charge in [0.15, 0.2) is 5.43 Å². The molecule has 0 aliphatic rings. The highest BCUT2D eigenvalue weighted by Crippen LogP contribution is 2.26. The summed E-state index contributed by atoms with van der Waals surface area (Å²) < 4.78 is 6.85. The third-order valence-corrected chi connectivity index (χ3v) is 6.30. The molecule has 4 aromatic rings. The van der Waals surface area contributed by atoms with E-state index in [1.54, 1.807) is 47.0 Å². The summed E-state index contributed by atoms with van der Waals surface area (Å²) in [5, 5.41) is 3.77. The summed E-state index contributed by atoms with van der Waals surface area (Å²) in [6.45, 7) is 1.28.